The van der Waals surface area contributed by atoms with E-state index in [0.717, 1.165) is 28.8 Å². The Morgan fingerprint density at radius 3 is 2.33 bits per heavy atom. The summed E-state index contributed by atoms with van der Waals surface area (Å²) in [7, 11) is 0. The van der Waals surface area contributed by atoms with Crippen molar-refractivity contribution in [3.8, 4) is 0 Å². The van der Waals surface area contributed by atoms with Crippen LogP contribution in [-0.4, -0.2) is 12.1 Å². The maximum atomic E-state index is 14.1. The molecule has 0 saturated heterocycles. The summed E-state index contributed by atoms with van der Waals surface area (Å²) < 4.78 is 14.1. The first-order chi connectivity index (χ1) is 14.4. The van der Waals surface area contributed by atoms with Gasteiger partial charge < -0.3 is 5.32 Å². The van der Waals surface area contributed by atoms with E-state index >= 15 is 0 Å². The van der Waals surface area contributed by atoms with Gasteiger partial charge in [0.05, 0.1) is 0 Å². The fourth-order valence-electron chi connectivity index (χ4n) is 7.64. The largest absolute Gasteiger partial charge is 0.311 e. The summed E-state index contributed by atoms with van der Waals surface area (Å²) >= 11 is 6.20. The Bertz CT molecular complexity index is 893. The summed E-state index contributed by atoms with van der Waals surface area (Å²) in [6.07, 6.45) is 8.79. The van der Waals surface area contributed by atoms with Gasteiger partial charge in [0.15, 0.2) is 0 Å². The lowest BCUT2D eigenvalue weighted by atomic mass is 9.41. The Kier molecular flexibility index (Phi) is 5.22. The van der Waals surface area contributed by atoms with E-state index in [0.29, 0.717) is 16.9 Å². The quantitative estimate of drug-likeness (QED) is 0.529. The van der Waals surface area contributed by atoms with Crippen molar-refractivity contribution in [2.24, 2.45) is 17.3 Å². The molecule has 4 fully saturated rings. The van der Waals surface area contributed by atoms with Gasteiger partial charge >= 0.3 is 0 Å². The van der Waals surface area contributed by atoms with Crippen LogP contribution in [0.4, 0.5) is 4.39 Å². The predicted molar refractivity (Wildman–Crippen MR) is 122 cm³/mol. The number of halogens is 2. The van der Waals surface area contributed by atoms with Crippen molar-refractivity contribution < 1.29 is 4.39 Å². The average Bonchev–Trinajstić information content (AvgIpc) is 2.69. The molecule has 6 atom stereocenters. The van der Waals surface area contributed by atoms with Gasteiger partial charge in [0, 0.05) is 17.1 Å². The van der Waals surface area contributed by atoms with Gasteiger partial charge in [-0.3, -0.25) is 0 Å². The standard InChI is InChI=1S/C27H33ClFN/c1-18(11-22-5-3-4-6-25(22)29)30-19(2)26-13-20-12-21(14-26)16-27(15-20,17-26)23-7-9-24(28)10-8-23/h3-10,18-21,30H,11-17H2,1-2H3/t18-,19+,20-,21+,26?,27?/m1/s1. The van der Waals surface area contributed by atoms with E-state index in [1.807, 2.05) is 12.1 Å². The molecule has 4 bridgehead atoms. The van der Waals surface area contributed by atoms with Gasteiger partial charge in [-0.25, -0.2) is 4.39 Å². The van der Waals surface area contributed by atoms with Crippen molar-refractivity contribution in [1.29, 1.82) is 0 Å². The fourth-order valence-corrected chi connectivity index (χ4v) is 7.76. The van der Waals surface area contributed by atoms with Crippen LogP contribution in [0.2, 0.25) is 5.02 Å². The first-order valence-corrected chi connectivity index (χ1v) is 12.0. The molecule has 1 nitrogen and oxygen atoms in total. The number of nitrogens with one attached hydrogen (secondary N) is 1. The molecule has 0 aromatic heterocycles. The highest BCUT2D eigenvalue weighted by atomic mass is 35.5. The lowest BCUT2D eigenvalue weighted by molar-refractivity contribution is -0.0893. The third kappa shape index (κ3) is 3.60. The van der Waals surface area contributed by atoms with E-state index in [1.165, 1.54) is 44.1 Å². The van der Waals surface area contributed by atoms with E-state index in [9.17, 15) is 4.39 Å². The maximum Gasteiger partial charge on any atom is 0.126 e. The Morgan fingerprint density at radius 2 is 1.67 bits per heavy atom. The smallest absolute Gasteiger partial charge is 0.126 e. The molecule has 3 heteroatoms. The van der Waals surface area contributed by atoms with E-state index in [4.69, 9.17) is 11.6 Å². The number of hydrogen-bond donors (Lipinski definition) is 1. The van der Waals surface area contributed by atoms with Crippen LogP contribution in [0.3, 0.4) is 0 Å². The van der Waals surface area contributed by atoms with E-state index in [1.54, 1.807) is 12.1 Å². The minimum Gasteiger partial charge on any atom is -0.311 e. The van der Waals surface area contributed by atoms with Gasteiger partial charge in [0.2, 0.25) is 0 Å². The summed E-state index contributed by atoms with van der Waals surface area (Å²) in [5.74, 6) is 1.59. The highest BCUT2D eigenvalue weighted by Gasteiger charge is 2.59. The molecule has 0 heterocycles. The molecule has 0 aliphatic heterocycles. The van der Waals surface area contributed by atoms with Crippen LogP contribution in [0, 0.1) is 23.1 Å². The summed E-state index contributed by atoms with van der Waals surface area (Å²) in [6.45, 7) is 4.60. The molecular formula is C27H33ClFN. The third-order valence-corrected chi connectivity index (χ3v) is 8.75. The molecule has 0 spiro atoms. The lowest BCUT2D eigenvalue weighted by Gasteiger charge is -2.64. The second-order valence-electron chi connectivity index (χ2n) is 10.7. The Balaban J connectivity index is 1.36. The first kappa shape index (κ1) is 20.5. The predicted octanol–water partition coefficient (Wildman–Crippen LogP) is 6.93. The van der Waals surface area contributed by atoms with Crippen LogP contribution >= 0.6 is 11.6 Å². The molecule has 2 aromatic rings. The van der Waals surface area contributed by atoms with Crippen molar-refractivity contribution >= 4 is 11.6 Å². The third-order valence-electron chi connectivity index (χ3n) is 8.50. The molecule has 2 aromatic carbocycles. The molecule has 4 saturated carbocycles. The lowest BCUT2D eigenvalue weighted by Crippen LogP contribution is -2.60. The molecule has 0 radical (unpaired) electrons. The van der Waals surface area contributed by atoms with Crippen molar-refractivity contribution in [1.82, 2.24) is 5.32 Å². The van der Waals surface area contributed by atoms with Gasteiger partial charge in [-0.1, -0.05) is 41.9 Å². The van der Waals surface area contributed by atoms with Crippen molar-refractivity contribution in [3.63, 3.8) is 0 Å². The summed E-state index contributed by atoms with van der Waals surface area (Å²) in [6, 6.07) is 16.6. The summed E-state index contributed by atoms with van der Waals surface area (Å²) in [5.41, 5.74) is 2.98. The average molecular weight is 426 g/mol. The Labute approximate surface area is 185 Å². The normalized spacial score (nSPS) is 34.1. The molecule has 4 aliphatic carbocycles. The van der Waals surface area contributed by atoms with Crippen molar-refractivity contribution in [2.45, 2.75) is 76.3 Å². The zero-order valence-electron chi connectivity index (χ0n) is 18.1. The van der Waals surface area contributed by atoms with Crippen molar-refractivity contribution in [2.75, 3.05) is 0 Å². The number of benzene rings is 2. The topological polar surface area (TPSA) is 12.0 Å². The summed E-state index contributed by atoms with van der Waals surface area (Å²) in [5, 5.41) is 4.73. The van der Waals surface area contributed by atoms with Gasteiger partial charge in [-0.15, -0.1) is 0 Å². The number of rotatable bonds is 6. The van der Waals surface area contributed by atoms with Gasteiger partial charge in [-0.05, 0) is 111 Å². The monoisotopic (exact) mass is 425 g/mol. The molecule has 1 N–H and O–H groups in total. The Morgan fingerprint density at radius 1 is 1.00 bits per heavy atom. The van der Waals surface area contributed by atoms with Crippen LogP contribution in [0.25, 0.3) is 0 Å². The second-order valence-corrected chi connectivity index (χ2v) is 11.1. The van der Waals surface area contributed by atoms with Crippen LogP contribution in [0.1, 0.15) is 63.5 Å². The SMILES string of the molecule is C[C@H](Cc1ccccc1F)N[C@@H](C)C12C[C@@H]3C[C@@H](CC(c4ccc(Cl)cc4)(C3)C1)C2. The molecule has 0 amide bonds. The van der Waals surface area contributed by atoms with Crippen molar-refractivity contribution in [3.05, 3.63) is 70.5 Å². The minimum atomic E-state index is -0.0877. The van der Waals surface area contributed by atoms with E-state index in [-0.39, 0.29) is 11.9 Å². The number of hydrogen-bond acceptors (Lipinski definition) is 1. The second kappa shape index (κ2) is 7.64. The molecule has 30 heavy (non-hydrogen) atoms. The Hall–Kier alpha value is -1.38. The van der Waals surface area contributed by atoms with Crippen LogP contribution in [-0.2, 0) is 11.8 Å². The zero-order valence-corrected chi connectivity index (χ0v) is 18.9. The van der Waals surface area contributed by atoms with Crippen LogP contribution < -0.4 is 5.32 Å². The molecule has 160 valence electrons. The minimum absolute atomic E-state index is 0.0877. The molecule has 6 rings (SSSR count). The zero-order chi connectivity index (χ0) is 20.9. The molecule has 2 unspecified atom stereocenters. The van der Waals surface area contributed by atoms with E-state index in [2.05, 4.69) is 43.4 Å². The highest BCUT2D eigenvalue weighted by molar-refractivity contribution is 6.30. The molecular weight excluding hydrogens is 393 g/mol. The fraction of sp³-hybridized carbons (Fsp3) is 0.556. The van der Waals surface area contributed by atoms with Gasteiger partial charge in [0.1, 0.15) is 5.82 Å². The maximum absolute atomic E-state index is 14.1. The summed E-state index contributed by atoms with van der Waals surface area (Å²) in [4.78, 5) is 0. The highest BCUT2D eigenvalue weighted by Crippen LogP contribution is 2.66. The van der Waals surface area contributed by atoms with Crippen LogP contribution in [0.5, 0.6) is 0 Å². The first-order valence-electron chi connectivity index (χ1n) is 11.6. The van der Waals surface area contributed by atoms with E-state index < -0.39 is 0 Å². The van der Waals surface area contributed by atoms with Crippen LogP contribution in [0.15, 0.2) is 48.5 Å². The molecule has 4 aliphatic rings. The van der Waals surface area contributed by atoms with Gasteiger partial charge in [0.25, 0.3) is 0 Å². The van der Waals surface area contributed by atoms with Gasteiger partial charge in [-0.2, -0.15) is 0 Å².